The van der Waals surface area contributed by atoms with Gasteiger partial charge in [0.25, 0.3) is 0 Å². The van der Waals surface area contributed by atoms with Gasteiger partial charge in [-0.2, -0.15) is 0 Å². The number of rotatable bonds is 0. The molecule has 4 heteroatoms. The summed E-state index contributed by atoms with van der Waals surface area (Å²) in [6.07, 6.45) is 1.61. The van der Waals surface area contributed by atoms with Gasteiger partial charge in [0.1, 0.15) is 5.76 Å². The van der Waals surface area contributed by atoms with Crippen molar-refractivity contribution in [2.45, 2.75) is 33.6 Å². The van der Waals surface area contributed by atoms with Crippen molar-refractivity contribution >= 4 is 5.71 Å². The zero-order valence-corrected chi connectivity index (χ0v) is 8.66. The summed E-state index contributed by atoms with van der Waals surface area (Å²) in [7, 11) is 0. The van der Waals surface area contributed by atoms with Crippen LogP contribution < -0.4 is 0 Å². The van der Waals surface area contributed by atoms with E-state index in [1.165, 1.54) is 0 Å². The van der Waals surface area contributed by atoms with Gasteiger partial charge in [-0.05, 0) is 18.8 Å². The molecule has 1 aliphatic carbocycles. The predicted octanol–water partition coefficient (Wildman–Crippen LogP) is 2.13. The molecule has 0 amide bonds. The molecule has 0 aliphatic heterocycles. The molecule has 1 aliphatic rings. The zero-order chi connectivity index (χ0) is 10.3. The Balaban J connectivity index is 2.54. The van der Waals surface area contributed by atoms with Gasteiger partial charge in [-0.3, -0.25) is 0 Å². The lowest BCUT2D eigenvalue weighted by molar-refractivity contribution is 0.285. The zero-order valence-electron chi connectivity index (χ0n) is 8.66. The van der Waals surface area contributed by atoms with Gasteiger partial charge >= 0.3 is 0 Å². The lowest BCUT2D eigenvalue weighted by atomic mass is 9.76. The number of aryl methyl sites for hydroxylation is 1. The molecule has 0 saturated heterocycles. The summed E-state index contributed by atoms with van der Waals surface area (Å²) in [5, 5.41) is 16.2. The molecule has 1 aromatic heterocycles. The molecule has 0 atom stereocenters. The highest BCUT2D eigenvalue weighted by Gasteiger charge is 2.34. The van der Waals surface area contributed by atoms with E-state index < -0.39 is 0 Å². The third kappa shape index (κ3) is 1.31. The minimum Gasteiger partial charge on any atom is -0.411 e. The summed E-state index contributed by atoms with van der Waals surface area (Å²) in [5.74, 6) is 0.839. The monoisotopic (exact) mass is 194 g/mol. The van der Waals surface area contributed by atoms with Crippen LogP contribution in [0.1, 0.15) is 37.3 Å². The maximum Gasteiger partial charge on any atom is 0.146 e. The molecule has 0 aromatic carbocycles. The van der Waals surface area contributed by atoms with Crippen molar-refractivity contribution in [1.82, 2.24) is 5.16 Å². The molecule has 1 N–H and O–H groups in total. The fraction of sp³-hybridized carbons (Fsp3) is 0.600. The second-order valence-corrected chi connectivity index (χ2v) is 4.63. The van der Waals surface area contributed by atoms with Crippen LogP contribution in [0.2, 0.25) is 0 Å². The molecule has 76 valence electrons. The average molecular weight is 194 g/mol. The Morgan fingerprint density at radius 3 is 2.79 bits per heavy atom. The van der Waals surface area contributed by atoms with Gasteiger partial charge in [0.15, 0.2) is 0 Å². The van der Waals surface area contributed by atoms with Crippen LogP contribution in [0, 0.1) is 12.3 Å². The standard InChI is InChI=1S/C10H14N2O2/c1-6-9-7(11-13)4-10(2,3)5-8(9)14-12-6/h13H,4-5H2,1-3H3. The summed E-state index contributed by atoms with van der Waals surface area (Å²) in [5.41, 5.74) is 2.48. The minimum absolute atomic E-state index is 0.0839. The summed E-state index contributed by atoms with van der Waals surface area (Å²) in [4.78, 5) is 0. The summed E-state index contributed by atoms with van der Waals surface area (Å²) in [6.45, 7) is 6.11. The maximum absolute atomic E-state index is 8.93. The van der Waals surface area contributed by atoms with Crippen molar-refractivity contribution in [2.24, 2.45) is 10.6 Å². The van der Waals surface area contributed by atoms with Crippen LogP contribution in [0.15, 0.2) is 9.68 Å². The summed E-state index contributed by atoms with van der Waals surface area (Å²) in [6, 6.07) is 0. The van der Waals surface area contributed by atoms with Crippen molar-refractivity contribution in [3.8, 4) is 0 Å². The van der Waals surface area contributed by atoms with Crippen molar-refractivity contribution in [3.63, 3.8) is 0 Å². The number of hydrogen-bond donors (Lipinski definition) is 1. The predicted molar refractivity (Wildman–Crippen MR) is 51.7 cm³/mol. The van der Waals surface area contributed by atoms with Crippen molar-refractivity contribution in [3.05, 3.63) is 17.0 Å². The highest BCUT2D eigenvalue weighted by Crippen LogP contribution is 2.36. The van der Waals surface area contributed by atoms with Crippen molar-refractivity contribution in [2.75, 3.05) is 0 Å². The summed E-state index contributed by atoms with van der Waals surface area (Å²) < 4.78 is 5.21. The van der Waals surface area contributed by atoms with Gasteiger partial charge in [0, 0.05) is 6.42 Å². The van der Waals surface area contributed by atoms with E-state index in [0.717, 1.165) is 29.9 Å². The SMILES string of the molecule is Cc1noc2c1C(=NO)CC(C)(C)C2. The molecule has 1 aromatic rings. The maximum atomic E-state index is 8.93. The lowest BCUT2D eigenvalue weighted by Crippen LogP contribution is -2.26. The topological polar surface area (TPSA) is 58.6 Å². The lowest BCUT2D eigenvalue weighted by Gasteiger charge is -2.28. The molecule has 0 radical (unpaired) electrons. The van der Waals surface area contributed by atoms with Gasteiger partial charge in [0.05, 0.1) is 17.0 Å². The highest BCUT2D eigenvalue weighted by atomic mass is 16.5. The van der Waals surface area contributed by atoms with Crippen molar-refractivity contribution < 1.29 is 9.73 Å². The van der Waals surface area contributed by atoms with Crippen LogP contribution in [-0.2, 0) is 6.42 Å². The van der Waals surface area contributed by atoms with Crippen LogP contribution >= 0.6 is 0 Å². The molecule has 0 fully saturated rings. The first-order valence-electron chi connectivity index (χ1n) is 4.70. The number of nitrogens with zero attached hydrogens (tertiary/aromatic N) is 2. The molecule has 0 saturated carbocycles. The fourth-order valence-electron chi connectivity index (χ4n) is 2.03. The number of aromatic nitrogens is 1. The van der Waals surface area contributed by atoms with E-state index in [9.17, 15) is 0 Å². The Hall–Kier alpha value is -1.32. The van der Waals surface area contributed by atoms with Gasteiger partial charge in [-0.15, -0.1) is 0 Å². The largest absolute Gasteiger partial charge is 0.411 e. The molecule has 0 bridgehead atoms. The van der Waals surface area contributed by atoms with E-state index in [1.54, 1.807) is 0 Å². The molecule has 2 rings (SSSR count). The smallest absolute Gasteiger partial charge is 0.146 e. The molecule has 1 heterocycles. The normalized spacial score (nSPS) is 22.4. The van der Waals surface area contributed by atoms with Crippen LogP contribution in [-0.4, -0.2) is 16.1 Å². The van der Waals surface area contributed by atoms with Crippen molar-refractivity contribution in [1.29, 1.82) is 0 Å². The third-order valence-corrected chi connectivity index (χ3v) is 2.63. The first kappa shape index (κ1) is 9.24. The van der Waals surface area contributed by atoms with Crippen LogP contribution in [0.25, 0.3) is 0 Å². The van der Waals surface area contributed by atoms with Crippen LogP contribution in [0.3, 0.4) is 0 Å². The fourth-order valence-corrected chi connectivity index (χ4v) is 2.03. The van der Waals surface area contributed by atoms with E-state index in [0.29, 0.717) is 5.71 Å². The van der Waals surface area contributed by atoms with E-state index in [4.69, 9.17) is 9.73 Å². The van der Waals surface area contributed by atoms with Crippen LogP contribution in [0.5, 0.6) is 0 Å². The second-order valence-electron chi connectivity index (χ2n) is 4.63. The molecule has 4 nitrogen and oxygen atoms in total. The number of oxime groups is 1. The van der Waals surface area contributed by atoms with E-state index in [2.05, 4.69) is 24.2 Å². The first-order chi connectivity index (χ1) is 6.53. The Labute approximate surface area is 82.6 Å². The molecule has 0 spiro atoms. The van der Waals surface area contributed by atoms with E-state index >= 15 is 0 Å². The van der Waals surface area contributed by atoms with Gasteiger partial charge in [-0.1, -0.05) is 24.2 Å². The molecular formula is C10H14N2O2. The molecule has 14 heavy (non-hydrogen) atoms. The van der Waals surface area contributed by atoms with E-state index in [-0.39, 0.29) is 5.41 Å². The Bertz CT molecular complexity index is 391. The number of fused-ring (bicyclic) bond motifs is 1. The first-order valence-corrected chi connectivity index (χ1v) is 4.70. The van der Waals surface area contributed by atoms with Gasteiger partial charge < -0.3 is 9.73 Å². The average Bonchev–Trinajstić information content (AvgIpc) is 2.44. The Morgan fingerprint density at radius 2 is 2.14 bits per heavy atom. The molecule has 0 unspecified atom stereocenters. The summed E-state index contributed by atoms with van der Waals surface area (Å²) >= 11 is 0. The van der Waals surface area contributed by atoms with Gasteiger partial charge in [0.2, 0.25) is 0 Å². The van der Waals surface area contributed by atoms with Gasteiger partial charge in [-0.25, -0.2) is 0 Å². The molecular weight excluding hydrogens is 180 g/mol. The van der Waals surface area contributed by atoms with E-state index in [1.807, 2.05) is 6.92 Å². The number of hydrogen-bond acceptors (Lipinski definition) is 4. The minimum atomic E-state index is 0.0839. The Morgan fingerprint density at radius 1 is 1.43 bits per heavy atom. The Kier molecular flexibility index (Phi) is 1.87. The van der Waals surface area contributed by atoms with Crippen LogP contribution in [0.4, 0.5) is 0 Å². The quantitative estimate of drug-likeness (QED) is 0.508. The highest BCUT2D eigenvalue weighted by molar-refractivity contribution is 6.03. The second kappa shape index (κ2) is 2.83. The third-order valence-electron chi connectivity index (χ3n) is 2.63.